The first kappa shape index (κ1) is 29.6. The lowest BCUT2D eigenvalue weighted by Crippen LogP contribution is -2.54. The van der Waals surface area contributed by atoms with Crippen molar-refractivity contribution in [1.82, 2.24) is 0 Å². The largest absolute Gasteiger partial charge is 0.487 e. The van der Waals surface area contributed by atoms with Crippen LogP contribution >= 0.6 is 23.2 Å². The molecular weight excluding hydrogens is 560 g/mol. The minimum absolute atomic E-state index is 0.0588. The number of guanidine groups is 2. The molecule has 0 spiro atoms. The smallest absolute Gasteiger partial charge is 0.333 e. The van der Waals surface area contributed by atoms with Gasteiger partial charge in [0.1, 0.15) is 22.9 Å². The van der Waals surface area contributed by atoms with Gasteiger partial charge in [0.2, 0.25) is 11.9 Å². The van der Waals surface area contributed by atoms with Crippen LogP contribution in [0.5, 0.6) is 5.75 Å². The highest BCUT2D eigenvalue weighted by Crippen LogP contribution is 2.35. The van der Waals surface area contributed by atoms with E-state index in [1.165, 1.54) is 25.1 Å². The fourth-order valence-corrected chi connectivity index (χ4v) is 4.53. The molecule has 0 radical (unpaired) electrons. The van der Waals surface area contributed by atoms with E-state index in [-0.39, 0.29) is 45.6 Å². The Morgan fingerprint density at radius 3 is 2.22 bits per heavy atom. The fraction of sp³-hybridized carbons (Fsp3) is 0.300. The van der Waals surface area contributed by atoms with Crippen LogP contribution in [-0.4, -0.2) is 44.7 Å². The number of nitrogens with zero attached hydrogens (tertiary/aromatic N) is 3. The van der Waals surface area contributed by atoms with Gasteiger partial charge in [0, 0.05) is 11.3 Å². The zero-order chi connectivity index (χ0) is 27.5. The number of halogens is 3. The maximum Gasteiger partial charge on any atom is 0.333 e. The van der Waals surface area contributed by atoms with Crippen LogP contribution < -0.4 is 21.1 Å². The van der Waals surface area contributed by atoms with Gasteiger partial charge in [-0.25, -0.2) is 4.99 Å². The Balaban J connectivity index is 0.000000678. The van der Waals surface area contributed by atoms with E-state index >= 15 is 0 Å². The van der Waals surface area contributed by atoms with Crippen molar-refractivity contribution in [2.24, 2.45) is 21.5 Å². The Morgan fingerprint density at radius 1 is 1.11 bits per heavy atom. The number of nitrogens with two attached hydrogens (primary N) is 2. The normalized spacial score (nSPS) is 15.4. The van der Waals surface area contributed by atoms with E-state index in [0.29, 0.717) is 5.69 Å². The van der Waals surface area contributed by atoms with Crippen molar-refractivity contribution in [2.45, 2.75) is 37.9 Å². The molecule has 0 saturated heterocycles. The van der Waals surface area contributed by atoms with Crippen molar-refractivity contribution in [3.63, 3.8) is 0 Å². The second kappa shape index (κ2) is 11.2. The minimum atomic E-state index is -5.02. The Labute approximate surface area is 218 Å². The number of aliphatic imine (C=N–C) groups is 2. The summed E-state index contributed by atoms with van der Waals surface area (Å²) in [5.74, 6) is 0.261. The number of ether oxygens (including phenoxy) is 1. The van der Waals surface area contributed by atoms with Gasteiger partial charge in [-0.2, -0.15) is 21.8 Å². The first-order valence-corrected chi connectivity index (χ1v) is 13.8. The van der Waals surface area contributed by atoms with E-state index in [9.17, 15) is 20.7 Å². The van der Waals surface area contributed by atoms with Crippen molar-refractivity contribution in [2.75, 3.05) is 10.7 Å². The summed E-state index contributed by atoms with van der Waals surface area (Å²) in [4.78, 5) is 9.25. The van der Waals surface area contributed by atoms with E-state index in [4.69, 9.17) is 44.0 Å². The average molecular weight is 584 g/mol. The molecule has 0 atom stereocenters. The number of hydrogen-bond acceptors (Lipinski definition) is 10. The van der Waals surface area contributed by atoms with Crippen molar-refractivity contribution in [3.8, 4) is 5.75 Å². The SMILES string of the molecule is CC1(C)N=C(N)N=C(N)N1c1ccc(OCc2cccc(Cl)c2S(=O)(=O)F)c(Cl)c1.CCS(=O)(=O)O. The van der Waals surface area contributed by atoms with Gasteiger partial charge in [-0.15, -0.1) is 3.89 Å². The van der Waals surface area contributed by atoms with Gasteiger partial charge >= 0.3 is 10.2 Å². The molecule has 0 amide bonds. The molecule has 0 bridgehead atoms. The van der Waals surface area contributed by atoms with E-state index < -0.39 is 30.9 Å². The molecule has 5 N–H and O–H groups in total. The molecule has 3 rings (SSSR count). The lowest BCUT2D eigenvalue weighted by molar-refractivity contribution is 0.303. The summed E-state index contributed by atoms with van der Waals surface area (Å²) in [7, 11) is -8.69. The van der Waals surface area contributed by atoms with Gasteiger partial charge in [0.15, 0.2) is 0 Å². The Morgan fingerprint density at radius 2 is 1.72 bits per heavy atom. The van der Waals surface area contributed by atoms with Gasteiger partial charge < -0.3 is 16.2 Å². The van der Waals surface area contributed by atoms with Gasteiger partial charge in [0.05, 0.1) is 15.8 Å². The van der Waals surface area contributed by atoms with Crippen molar-refractivity contribution >= 4 is 61.1 Å². The molecule has 1 aliphatic rings. The molecule has 0 unspecified atom stereocenters. The maximum atomic E-state index is 13.6. The molecule has 0 aliphatic carbocycles. The highest BCUT2D eigenvalue weighted by molar-refractivity contribution is 7.86. The van der Waals surface area contributed by atoms with E-state index in [1.807, 2.05) is 0 Å². The van der Waals surface area contributed by atoms with Crippen molar-refractivity contribution in [1.29, 1.82) is 0 Å². The summed E-state index contributed by atoms with van der Waals surface area (Å²) in [5.41, 5.74) is 11.5. The van der Waals surface area contributed by atoms with Crippen LogP contribution in [0.15, 0.2) is 51.3 Å². The van der Waals surface area contributed by atoms with Gasteiger partial charge in [-0.3, -0.25) is 9.45 Å². The molecule has 1 heterocycles. The van der Waals surface area contributed by atoms with Crippen LogP contribution in [0.4, 0.5) is 9.57 Å². The Kier molecular flexibility index (Phi) is 9.18. The molecule has 36 heavy (non-hydrogen) atoms. The fourth-order valence-electron chi connectivity index (χ4n) is 3.09. The van der Waals surface area contributed by atoms with Gasteiger partial charge in [-0.1, -0.05) is 35.3 Å². The van der Waals surface area contributed by atoms with Crippen LogP contribution in [-0.2, 0) is 26.9 Å². The van der Waals surface area contributed by atoms with Crippen LogP contribution in [0.1, 0.15) is 26.3 Å². The molecule has 0 aromatic heterocycles. The Hall–Kier alpha value is -2.65. The van der Waals surface area contributed by atoms with Crippen LogP contribution in [0.3, 0.4) is 0 Å². The van der Waals surface area contributed by atoms with E-state index in [0.717, 1.165) is 0 Å². The van der Waals surface area contributed by atoms with E-state index in [1.54, 1.807) is 36.9 Å². The lowest BCUT2D eigenvalue weighted by atomic mass is 10.1. The quantitative estimate of drug-likeness (QED) is 0.339. The summed E-state index contributed by atoms with van der Waals surface area (Å²) in [6.45, 7) is 4.71. The number of benzene rings is 2. The number of hydrogen-bond donors (Lipinski definition) is 3. The molecule has 0 fully saturated rings. The lowest BCUT2D eigenvalue weighted by Gasteiger charge is -2.38. The van der Waals surface area contributed by atoms with Gasteiger partial charge in [0.25, 0.3) is 10.1 Å². The zero-order valence-electron chi connectivity index (χ0n) is 19.3. The molecule has 2 aromatic rings. The summed E-state index contributed by atoms with van der Waals surface area (Å²) < 4.78 is 68.9. The van der Waals surface area contributed by atoms with Crippen LogP contribution in [0, 0.1) is 0 Å². The molecule has 16 heteroatoms. The third-order valence-electron chi connectivity index (χ3n) is 4.61. The Bertz CT molecular complexity index is 1420. The number of rotatable bonds is 6. The second-order valence-corrected chi connectivity index (χ2v) is 11.5. The van der Waals surface area contributed by atoms with E-state index in [2.05, 4.69) is 9.98 Å². The molecular formula is C20H24Cl2FN5O6S2. The summed E-state index contributed by atoms with van der Waals surface area (Å²) in [6.07, 6.45) is 0. The highest BCUT2D eigenvalue weighted by Gasteiger charge is 2.33. The zero-order valence-corrected chi connectivity index (χ0v) is 22.5. The highest BCUT2D eigenvalue weighted by atomic mass is 35.5. The third-order valence-corrected chi connectivity index (χ3v) is 7.03. The summed E-state index contributed by atoms with van der Waals surface area (Å²) in [5, 5.41) is -0.0210. The molecule has 0 saturated carbocycles. The van der Waals surface area contributed by atoms with Crippen molar-refractivity contribution < 1.29 is 30.0 Å². The maximum absolute atomic E-state index is 13.6. The standard InChI is InChI=1S/C18H18Cl2FN5O3S.C2H6O3S/c1-18(2)25-16(22)24-17(23)26(18)11-6-7-14(13(20)8-11)29-9-10-4-3-5-12(19)15(10)30(21,27)28;1-2-6(3,4)5/h3-8H,9H2,1-2H3,(H4,22,23,24,25);2H2,1H3,(H,3,4,5). The summed E-state index contributed by atoms with van der Waals surface area (Å²) >= 11 is 12.2. The van der Waals surface area contributed by atoms with Crippen molar-refractivity contribution in [3.05, 3.63) is 52.0 Å². The summed E-state index contributed by atoms with van der Waals surface area (Å²) in [6, 6.07) is 9.00. The number of anilines is 1. The molecule has 2 aromatic carbocycles. The minimum Gasteiger partial charge on any atom is -0.487 e. The second-order valence-electron chi connectivity index (χ2n) is 7.71. The molecule has 1 aliphatic heterocycles. The predicted octanol–water partition coefficient (Wildman–Crippen LogP) is 3.31. The topological polar surface area (TPSA) is 178 Å². The average Bonchev–Trinajstić information content (AvgIpc) is 2.70. The van der Waals surface area contributed by atoms with Crippen LogP contribution in [0.25, 0.3) is 0 Å². The first-order chi connectivity index (χ1) is 16.5. The predicted molar refractivity (Wildman–Crippen MR) is 137 cm³/mol. The monoisotopic (exact) mass is 583 g/mol. The first-order valence-electron chi connectivity index (χ1n) is 10.1. The van der Waals surface area contributed by atoms with Crippen LogP contribution in [0.2, 0.25) is 10.0 Å². The molecule has 198 valence electrons. The molecule has 11 nitrogen and oxygen atoms in total. The third kappa shape index (κ3) is 7.67. The van der Waals surface area contributed by atoms with Gasteiger partial charge in [-0.05, 0) is 45.0 Å².